The summed E-state index contributed by atoms with van der Waals surface area (Å²) >= 11 is 0. The molecule has 1 heterocycles. The van der Waals surface area contributed by atoms with E-state index in [0.717, 1.165) is 11.5 Å². The molecule has 0 aliphatic rings. The van der Waals surface area contributed by atoms with Crippen LogP contribution in [0.1, 0.15) is 21.9 Å². The van der Waals surface area contributed by atoms with Crippen molar-refractivity contribution in [3.8, 4) is 0 Å². The smallest absolute Gasteiger partial charge is 0.253 e. The van der Waals surface area contributed by atoms with Gasteiger partial charge < -0.3 is 16.0 Å². The molecule has 0 aliphatic carbocycles. The number of carbonyl (C=O) groups excluding carboxylic acids is 1. The molecular formula is C13H18Cl2N4O. The first-order valence-corrected chi connectivity index (χ1v) is 5.80. The highest BCUT2D eigenvalue weighted by atomic mass is 35.5. The zero-order valence-corrected chi connectivity index (χ0v) is 12.7. The van der Waals surface area contributed by atoms with Crippen molar-refractivity contribution in [2.24, 2.45) is 0 Å². The van der Waals surface area contributed by atoms with Gasteiger partial charge in [0.2, 0.25) is 0 Å². The van der Waals surface area contributed by atoms with Gasteiger partial charge in [0.1, 0.15) is 5.82 Å². The van der Waals surface area contributed by atoms with Gasteiger partial charge in [-0.25, -0.2) is 4.98 Å². The average molecular weight is 317 g/mol. The van der Waals surface area contributed by atoms with Gasteiger partial charge >= 0.3 is 0 Å². The lowest BCUT2D eigenvalue weighted by Gasteiger charge is -2.06. The van der Waals surface area contributed by atoms with Gasteiger partial charge in [0, 0.05) is 24.8 Å². The Morgan fingerprint density at radius 2 is 2.05 bits per heavy atom. The van der Waals surface area contributed by atoms with Crippen LogP contribution in [0.5, 0.6) is 0 Å². The molecule has 0 saturated carbocycles. The second-order valence-corrected chi connectivity index (χ2v) is 4.07. The quantitative estimate of drug-likeness (QED) is 0.755. The summed E-state index contributed by atoms with van der Waals surface area (Å²) in [4.78, 5) is 19.1. The van der Waals surface area contributed by atoms with Crippen LogP contribution in [0, 0.1) is 6.92 Å². The molecule has 2 rings (SSSR count). The van der Waals surface area contributed by atoms with E-state index >= 15 is 0 Å². The van der Waals surface area contributed by atoms with Crippen LogP contribution in [0.2, 0.25) is 0 Å². The molecule has 0 bridgehead atoms. The van der Waals surface area contributed by atoms with E-state index in [0.29, 0.717) is 24.2 Å². The van der Waals surface area contributed by atoms with E-state index in [1.54, 1.807) is 24.3 Å². The van der Waals surface area contributed by atoms with E-state index in [4.69, 9.17) is 5.73 Å². The van der Waals surface area contributed by atoms with Gasteiger partial charge in [0.25, 0.3) is 5.91 Å². The van der Waals surface area contributed by atoms with Crippen LogP contribution in [0.25, 0.3) is 0 Å². The summed E-state index contributed by atoms with van der Waals surface area (Å²) in [6, 6.07) is 7.02. The van der Waals surface area contributed by atoms with Crippen LogP contribution in [-0.2, 0) is 6.42 Å². The summed E-state index contributed by atoms with van der Waals surface area (Å²) in [5.74, 6) is 0.726. The SMILES string of the molecule is Cc1nc(CCNC(=O)c2ccccc2N)c[nH]1.Cl.Cl. The molecule has 1 aromatic heterocycles. The van der Waals surface area contributed by atoms with Gasteiger partial charge in [-0.2, -0.15) is 0 Å². The minimum Gasteiger partial charge on any atom is -0.398 e. The Balaban J connectivity index is 0.00000180. The predicted molar refractivity (Wildman–Crippen MR) is 84.7 cm³/mol. The van der Waals surface area contributed by atoms with Crippen molar-refractivity contribution < 1.29 is 4.79 Å². The molecule has 110 valence electrons. The Hall–Kier alpha value is -1.72. The maximum Gasteiger partial charge on any atom is 0.253 e. The van der Waals surface area contributed by atoms with Crippen molar-refractivity contribution in [3.05, 3.63) is 47.5 Å². The molecule has 20 heavy (non-hydrogen) atoms. The Morgan fingerprint density at radius 3 is 2.65 bits per heavy atom. The highest BCUT2D eigenvalue weighted by Crippen LogP contribution is 2.09. The number of anilines is 1. The van der Waals surface area contributed by atoms with Gasteiger partial charge in [0.15, 0.2) is 0 Å². The molecule has 0 fully saturated rings. The normalized spacial score (nSPS) is 9.25. The van der Waals surface area contributed by atoms with Crippen LogP contribution in [0.15, 0.2) is 30.5 Å². The number of para-hydroxylation sites is 1. The second kappa shape index (κ2) is 8.45. The van der Waals surface area contributed by atoms with Gasteiger partial charge in [-0.1, -0.05) is 12.1 Å². The van der Waals surface area contributed by atoms with E-state index < -0.39 is 0 Å². The minimum atomic E-state index is -0.152. The fourth-order valence-corrected chi connectivity index (χ4v) is 1.70. The summed E-state index contributed by atoms with van der Waals surface area (Å²) in [7, 11) is 0. The predicted octanol–water partition coefficient (Wildman–Crippen LogP) is 2.12. The van der Waals surface area contributed by atoms with E-state index in [1.807, 2.05) is 13.1 Å². The largest absolute Gasteiger partial charge is 0.398 e. The number of rotatable bonds is 4. The first kappa shape index (κ1) is 18.3. The number of carbonyl (C=O) groups is 1. The second-order valence-electron chi connectivity index (χ2n) is 4.07. The summed E-state index contributed by atoms with van der Waals surface area (Å²) in [5.41, 5.74) is 7.67. The third-order valence-electron chi connectivity index (χ3n) is 2.63. The van der Waals surface area contributed by atoms with Crippen molar-refractivity contribution >= 4 is 36.4 Å². The van der Waals surface area contributed by atoms with Crippen LogP contribution in [0.4, 0.5) is 5.69 Å². The monoisotopic (exact) mass is 316 g/mol. The molecule has 0 radical (unpaired) electrons. The molecule has 0 unspecified atom stereocenters. The van der Waals surface area contributed by atoms with Crippen molar-refractivity contribution in [1.29, 1.82) is 0 Å². The number of nitrogens with two attached hydrogens (primary N) is 1. The van der Waals surface area contributed by atoms with Crippen LogP contribution in [-0.4, -0.2) is 22.4 Å². The number of aromatic nitrogens is 2. The van der Waals surface area contributed by atoms with E-state index in [9.17, 15) is 4.79 Å². The van der Waals surface area contributed by atoms with Crippen molar-refractivity contribution in [1.82, 2.24) is 15.3 Å². The number of hydrogen-bond acceptors (Lipinski definition) is 3. The number of H-pyrrole nitrogens is 1. The average Bonchev–Trinajstić information content (AvgIpc) is 2.75. The van der Waals surface area contributed by atoms with Crippen LogP contribution >= 0.6 is 24.8 Å². The summed E-state index contributed by atoms with van der Waals surface area (Å²) < 4.78 is 0. The number of imidazole rings is 1. The fourth-order valence-electron chi connectivity index (χ4n) is 1.70. The summed E-state index contributed by atoms with van der Waals surface area (Å²) in [6.07, 6.45) is 2.54. The number of nitrogens with one attached hydrogen (secondary N) is 2. The maximum absolute atomic E-state index is 11.8. The molecule has 1 amide bonds. The van der Waals surface area contributed by atoms with Gasteiger partial charge in [0.05, 0.1) is 11.3 Å². The number of amides is 1. The van der Waals surface area contributed by atoms with E-state index in [2.05, 4.69) is 15.3 Å². The maximum atomic E-state index is 11.8. The summed E-state index contributed by atoms with van der Waals surface area (Å²) in [5, 5.41) is 2.82. The lowest BCUT2D eigenvalue weighted by Crippen LogP contribution is -2.26. The first-order chi connectivity index (χ1) is 8.66. The van der Waals surface area contributed by atoms with Crippen molar-refractivity contribution in [2.75, 3.05) is 12.3 Å². The number of aromatic amines is 1. The fraction of sp³-hybridized carbons (Fsp3) is 0.231. The first-order valence-electron chi connectivity index (χ1n) is 5.80. The molecule has 0 aliphatic heterocycles. The molecule has 0 spiro atoms. The lowest BCUT2D eigenvalue weighted by molar-refractivity contribution is 0.0955. The Kier molecular flexibility index (Phi) is 7.72. The Labute approximate surface area is 130 Å². The van der Waals surface area contributed by atoms with Gasteiger partial charge in [-0.3, -0.25) is 4.79 Å². The number of halogens is 2. The molecule has 1 aromatic carbocycles. The van der Waals surface area contributed by atoms with Crippen LogP contribution < -0.4 is 11.1 Å². The van der Waals surface area contributed by atoms with Gasteiger partial charge in [-0.05, 0) is 19.1 Å². The number of aryl methyl sites for hydroxylation is 1. The molecule has 0 atom stereocenters. The zero-order chi connectivity index (χ0) is 13.0. The van der Waals surface area contributed by atoms with Crippen molar-refractivity contribution in [3.63, 3.8) is 0 Å². The van der Waals surface area contributed by atoms with E-state index in [1.165, 1.54) is 0 Å². The molecule has 4 N–H and O–H groups in total. The standard InChI is InChI=1S/C13H16N4O.2ClH/c1-9-16-8-10(17-9)6-7-15-13(18)11-4-2-3-5-12(11)14;;/h2-5,8H,6-7,14H2,1H3,(H,15,18)(H,16,17);2*1H. The number of benzene rings is 1. The van der Waals surface area contributed by atoms with E-state index in [-0.39, 0.29) is 30.7 Å². The van der Waals surface area contributed by atoms with Crippen LogP contribution in [0.3, 0.4) is 0 Å². The highest BCUT2D eigenvalue weighted by Gasteiger charge is 2.08. The highest BCUT2D eigenvalue weighted by molar-refractivity contribution is 5.99. The minimum absolute atomic E-state index is 0. The Bertz CT molecular complexity index is 557. The number of nitrogens with zero attached hydrogens (tertiary/aromatic N) is 1. The Morgan fingerprint density at radius 1 is 1.35 bits per heavy atom. The molecule has 7 heteroatoms. The third kappa shape index (κ3) is 4.75. The molecule has 5 nitrogen and oxygen atoms in total. The number of hydrogen-bond donors (Lipinski definition) is 3. The molecule has 0 saturated heterocycles. The topological polar surface area (TPSA) is 83.8 Å². The molecular weight excluding hydrogens is 299 g/mol. The lowest BCUT2D eigenvalue weighted by atomic mass is 10.1. The zero-order valence-electron chi connectivity index (χ0n) is 11.1. The molecule has 2 aromatic rings. The van der Waals surface area contributed by atoms with Crippen molar-refractivity contribution in [2.45, 2.75) is 13.3 Å². The number of nitrogen functional groups attached to an aromatic ring is 1. The van der Waals surface area contributed by atoms with Gasteiger partial charge in [-0.15, -0.1) is 24.8 Å². The summed E-state index contributed by atoms with van der Waals surface area (Å²) in [6.45, 7) is 2.43. The third-order valence-corrected chi connectivity index (χ3v) is 2.63.